The predicted molar refractivity (Wildman–Crippen MR) is 81.3 cm³/mol. The summed E-state index contributed by atoms with van der Waals surface area (Å²) in [5, 5.41) is 2.99. The Bertz CT molecular complexity index is 196. The van der Waals surface area contributed by atoms with E-state index in [0.29, 0.717) is 46.2 Å². The van der Waals surface area contributed by atoms with Gasteiger partial charge in [-0.15, -0.1) is 0 Å². The lowest BCUT2D eigenvalue weighted by Gasteiger charge is -2.06. The van der Waals surface area contributed by atoms with Gasteiger partial charge in [0.05, 0.1) is 46.2 Å². The molecule has 0 saturated carbocycles. The van der Waals surface area contributed by atoms with Crippen LogP contribution in [0.25, 0.3) is 0 Å². The molecule has 124 valence electrons. The maximum absolute atomic E-state index is 10.5. The van der Waals surface area contributed by atoms with E-state index in [9.17, 15) is 4.79 Å². The lowest BCUT2D eigenvalue weighted by Crippen LogP contribution is -2.17. The second-order valence-electron chi connectivity index (χ2n) is 3.70. The Morgan fingerprint density at radius 2 is 1.25 bits per heavy atom. The van der Waals surface area contributed by atoms with Crippen molar-refractivity contribution in [1.29, 1.82) is 0 Å². The van der Waals surface area contributed by atoms with Crippen molar-refractivity contribution in [3.8, 4) is 0 Å². The van der Waals surface area contributed by atoms with Gasteiger partial charge in [0.2, 0.25) is 0 Å². The second kappa shape index (κ2) is 20.8. The Balaban J connectivity index is -0.00000103. The highest BCUT2D eigenvalue weighted by Crippen LogP contribution is 1.83. The normalized spacial score (nSPS) is 10.0. The smallest absolute Gasteiger partial charge is 0.155 e. The van der Waals surface area contributed by atoms with Gasteiger partial charge in [-0.3, -0.25) is 4.79 Å². The number of rotatable bonds is 14. The van der Waals surface area contributed by atoms with Gasteiger partial charge in [-0.25, -0.2) is 0 Å². The van der Waals surface area contributed by atoms with E-state index >= 15 is 0 Å². The lowest BCUT2D eigenvalue weighted by molar-refractivity contribution is -0.122. The number of Topliss-reactive ketones (excluding diaryl/α,β-unsaturated/α-hetero) is 1. The quantitative estimate of drug-likeness (QED) is 0.485. The first-order valence-corrected chi connectivity index (χ1v) is 7.22. The van der Waals surface area contributed by atoms with Gasteiger partial charge in [-0.1, -0.05) is 13.8 Å². The van der Waals surface area contributed by atoms with Crippen molar-refractivity contribution in [2.24, 2.45) is 0 Å². The third-order valence-corrected chi connectivity index (χ3v) is 1.92. The third kappa shape index (κ3) is 22.6. The zero-order valence-corrected chi connectivity index (χ0v) is 13.4. The minimum absolute atomic E-state index is 0. The highest BCUT2D eigenvalue weighted by atomic mass is 16.6. The van der Waals surface area contributed by atoms with Crippen LogP contribution in [-0.2, 0) is 23.7 Å². The van der Waals surface area contributed by atoms with Crippen LogP contribution >= 0.6 is 0 Å². The summed E-state index contributed by atoms with van der Waals surface area (Å²) in [6.07, 6.45) is 0. The molecular weight excluding hydrogens is 262 g/mol. The summed E-state index contributed by atoms with van der Waals surface area (Å²) in [5.74, 6) is 0.0246. The van der Waals surface area contributed by atoms with E-state index in [1.807, 2.05) is 20.9 Å². The van der Waals surface area contributed by atoms with Crippen molar-refractivity contribution >= 4 is 5.78 Å². The molecule has 0 aliphatic carbocycles. The summed E-state index contributed by atoms with van der Waals surface area (Å²) in [6, 6.07) is 0. The van der Waals surface area contributed by atoms with Crippen LogP contribution in [0.2, 0.25) is 0 Å². The molecule has 0 aliphatic rings. The molecule has 0 bridgehead atoms. The van der Waals surface area contributed by atoms with E-state index < -0.39 is 0 Å². The number of carbonyl (C=O) groups is 1. The van der Waals surface area contributed by atoms with E-state index in [0.717, 1.165) is 6.54 Å². The number of likely N-dealkylation sites (N-methyl/N-ethyl adjacent to an activating group) is 1. The number of ether oxygens (including phenoxy) is 4. The van der Waals surface area contributed by atoms with Crippen molar-refractivity contribution in [3.63, 3.8) is 0 Å². The van der Waals surface area contributed by atoms with Crippen LogP contribution in [0.15, 0.2) is 0 Å². The fraction of sp³-hybridized carbons (Fsp3) is 0.929. The van der Waals surface area contributed by atoms with Crippen LogP contribution in [0.4, 0.5) is 0 Å². The molecule has 0 unspecified atom stereocenters. The molecule has 0 spiro atoms. The molecule has 0 fully saturated rings. The summed E-state index contributed by atoms with van der Waals surface area (Å²) in [5.41, 5.74) is 0. The fourth-order valence-corrected chi connectivity index (χ4v) is 1.05. The molecule has 0 atom stereocenters. The predicted octanol–water partition coefficient (Wildman–Crippen LogP) is 1.13. The minimum atomic E-state index is 0. The third-order valence-electron chi connectivity index (χ3n) is 1.92. The summed E-state index contributed by atoms with van der Waals surface area (Å²) >= 11 is 0. The Morgan fingerprint density at radius 3 is 1.65 bits per heavy atom. The topological polar surface area (TPSA) is 66.0 Å². The highest BCUT2D eigenvalue weighted by molar-refractivity contribution is 5.76. The van der Waals surface area contributed by atoms with Gasteiger partial charge in [0, 0.05) is 7.97 Å². The van der Waals surface area contributed by atoms with Crippen LogP contribution in [-0.4, -0.2) is 72.2 Å². The van der Waals surface area contributed by atoms with Crippen LogP contribution in [0.1, 0.15) is 22.2 Å². The first-order chi connectivity index (χ1) is 9.77. The first-order valence-electron chi connectivity index (χ1n) is 7.22. The molecule has 0 saturated heterocycles. The average molecular weight is 295 g/mol. The molecule has 1 N–H and O–H groups in total. The summed E-state index contributed by atoms with van der Waals surface area (Å²) in [4.78, 5) is 10.5. The largest absolute Gasteiger partial charge is 0.378 e. The molecule has 0 amide bonds. The van der Waals surface area contributed by atoms with E-state index in [1.54, 1.807) is 0 Å². The molecule has 6 nitrogen and oxygen atoms in total. The molecule has 0 aromatic carbocycles. The van der Waals surface area contributed by atoms with Crippen LogP contribution in [0, 0.1) is 0 Å². The standard InChI is InChI=1S/C12H25NO5.C2H6.H2/c1-12(14)11-18-10-9-17-8-7-16-6-5-15-4-3-13-2;1-2;/h13H,3-11H2,1-2H3;1-2H3;1H. The van der Waals surface area contributed by atoms with Crippen molar-refractivity contribution in [3.05, 3.63) is 0 Å². The Morgan fingerprint density at radius 1 is 0.850 bits per heavy atom. The molecule has 0 aromatic heterocycles. The fourth-order valence-electron chi connectivity index (χ4n) is 1.05. The molecule has 0 rings (SSSR count). The average Bonchev–Trinajstić information content (AvgIpc) is 2.46. The van der Waals surface area contributed by atoms with Gasteiger partial charge in [-0.2, -0.15) is 0 Å². The maximum atomic E-state index is 10.5. The van der Waals surface area contributed by atoms with Gasteiger partial charge < -0.3 is 24.3 Å². The van der Waals surface area contributed by atoms with Crippen LogP contribution in [0.5, 0.6) is 0 Å². The Kier molecular flexibility index (Phi) is 22.6. The summed E-state index contributed by atoms with van der Waals surface area (Å²) < 4.78 is 20.9. The van der Waals surface area contributed by atoms with E-state index in [1.165, 1.54) is 6.92 Å². The van der Waals surface area contributed by atoms with Crippen LogP contribution in [0.3, 0.4) is 0 Å². The molecule has 20 heavy (non-hydrogen) atoms. The highest BCUT2D eigenvalue weighted by Gasteiger charge is 1.94. The van der Waals surface area contributed by atoms with Crippen molar-refractivity contribution in [1.82, 2.24) is 5.32 Å². The number of ketones is 1. The van der Waals surface area contributed by atoms with Crippen LogP contribution < -0.4 is 5.32 Å². The molecule has 0 aliphatic heterocycles. The SMILES string of the molecule is CC.CNCCOCCOCCOCCOCC(C)=O.[HH]. The molecule has 0 radical (unpaired) electrons. The van der Waals surface area contributed by atoms with Gasteiger partial charge in [0.1, 0.15) is 6.61 Å². The van der Waals surface area contributed by atoms with E-state index in [2.05, 4.69) is 5.32 Å². The summed E-state index contributed by atoms with van der Waals surface area (Å²) in [6.45, 7) is 10.4. The minimum Gasteiger partial charge on any atom is -0.378 e. The summed E-state index contributed by atoms with van der Waals surface area (Å²) in [7, 11) is 1.89. The van der Waals surface area contributed by atoms with Crippen molar-refractivity contribution < 1.29 is 25.2 Å². The zero-order chi connectivity index (χ0) is 15.5. The molecule has 6 heteroatoms. The number of hydrogen-bond donors (Lipinski definition) is 1. The molecule has 0 aromatic rings. The first kappa shape index (κ1) is 21.8. The van der Waals surface area contributed by atoms with E-state index in [4.69, 9.17) is 18.9 Å². The van der Waals surface area contributed by atoms with Gasteiger partial charge in [0.15, 0.2) is 5.78 Å². The van der Waals surface area contributed by atoms with Crippen molar-refractivity contribution in [2.75, 3.05) is 66.4 Å². The van der Waals surface area contributed by atoms with Gasteiger partial charge in [-0.05, 0) is 14.0 Å². The molecular formula is C14H33NO5. The number of nitrogens with one attached hydrogen (secondary N) is 1. The Labute approximate surface area is 124 Å². The van der Waals surface area contributed by atoms with Gasteiger partial charge >= 0.3 is 0 Å². The number of hydrogen-bond acceptors (Lipinski definition) is 6. The zero-order valence-electron chi connectivity index (χ0n) is 13.4. The maximum Gasteiger partial charge on any atom is 0.155 e. The van der Waals surface area contributed by atoms with Crippen molar-refractivity contribution in [2.45, 2.75) is 20.8 Å². The monoisotopic (exact) mass is 295 g/mol. The van der Waals surface area contributed by atoms with E-state index in [-0.39, 0.29) is 13.8 Å². The lowest BCUT2D eigenvalue weighted by atomic mass is 10.5. The second-order valence-corrected chi connectivity index (χ2v) is 3.70. The van der Waals surface area contributed by atoms with Gasteiger partial charge in [0.25, 0.3) is 0 Å². The molecule has 0 heterocycles. The number of carbonyl (C=O) groups excluding carboxylic acids is 1. The Hall–Kier alpha value is -0.530.